The van der Waals surface area contributed by atoms with Gasteiger partial charge in [0.25, 0.3) is 5.91 Å². The van der Waals surface area contributed by atoms with Crippen LogP contribution in [0.3, 0.4) is 0 Å². The number of carbonyl (C=O) groups excluding carboxylic acids is 1. The van der Waals surface area contributed by atoms with Gasteiger partial charge < -0.3 is 15.2 Å². The number of carbonyl (C=O) groups is 1. The molecule has 0 bridgehead atoms. The van der Waals surface area contributed by atoms with Crippen molar-refractivity contribution < 1.29 is 9.32 Å². The van der Waals surface area contributed by atoms with Gasteiger partial charge in [0.2, 0.25) is 0 Å². The molecule has 2 rings (SSSR count). The van der Waals surface area contributed by atoms with E-state index in [1.165, 1.54) is 0 Å². The first-order valence-electron chi connectivity index (χ1n) is 6.09. The van der Waals surface area contributed by atoms with Crippen LogP contribution in [0.2, 0.25) is 0 Å². The van der Waals surface area contributed by atoms with E-state index < -0.39 is 0 Å². The van der Waals surface area contributed by atoms with Crippen LogP contribution in [0.4, 0.5) is 5.82 Å². The highest BCUT2D eigenvalue weighted by Gasteiger charge is 2.08. The fraction of sp³-hybridized carbons (Fsp3) is 0.308. The minimum absolute atomic E-state index is 0.171. The van der Waals surface area contributed by atoms with E-state index in [2.05, 4.69) is 20.8 Å². The molecule has 1 amide bonds. The molecule has 0 saturated carbocycles. The summed E-state index contributed by atoms with van der Waals surface area (Å²) in [6.07, 6.45) is 1.60. The Bertz CT molecular complexity index is 565. The van der Waals surface area contributed by atoms with Crippen LogP contribution in [0.25, 0.3) is 0 Å². The zero-order chi connectivity index (χ0) is 13.7. The molecule has 6 nitrogen and oxygen atoms in total. The van der Waals surface area contributed by atoms with Gasteiger partial charge in [-0.05, 0) is 26.0 Å². The highest BCUT2D eigenvalue weighted by atomic mass is 16.5. The lowest BCUT2D eigenvalue weighted by Crippen LogP contribution is -2.22. The quantitative estimate of drug-likeness (QED) is 0.856. The van der Waals surface area contributed by atoms with E-state index in [1.807, 2.05) is 13.8 Å². The highest BCUT2D eigenvalue weighted by molar-refractivity contribution is 5.94. The molecule has 2 aromatic rings. The van der Waals surface area contributed by atoms with Gasteiger partial charge in [0.15, 0.2) is 5.76 Å². The molecule has 2 N–H and O–H groups in total. The fourth-order valence-electron chi connectivity index (χ4n) is 1.62. The van der Waals surface area contributed by atoms with Gasteiger partial charge in [-0.1, -0.05) is 5.16 Å². The monoisotopic (exact) mass is 260 g/mol. The minimum Gasteiger partial charge on any atom is -0.370 e. The largest absolute Gasteiger partial charge is 0.370 e. The van der Waals surface area contributed by atoms with Crippen LogP contribution in [-0.2, 0) is 6.54 Å². The summed E-state index contributed by atoms with van der Waals surface area (Å²) in [4.78, 5) is 16.1. The Morgan fingerprint density at radius 1 is 1.42 bits per heavy atom. The van der Waals surface area contributed by atoms with Gasteiger partial charge in [0.1, 0.15) is 5.82 Å². The van der Waals surface area contributed by atoms with Crippen LogP contribution in [0.1, 0.15) is 28.7 Å². The molecule has 0 aliphatic carbocycles. The minimum atomic E-state index is -0.171. The summed E-state index contributed by atoms with van der Waals surface area (Å²) in [5.41, 5.74) is 1.35. The molecule has 6 heteroatoms. The van der Waals surface area contributed by atoms with Crippen LogP contribution in [0, 0.1) is 6.92 Å². The molecule has 0 saturated heterocycles. The highest BCUT2D eigenvalue weighted by Crippen LogP contribution is 2.07. The fourth-order valence-corrected chi connectivity index (χ4v) is 1.62. The van der Waals surface area contributed by atoms with E-state index in [1.54, 1.807) is 24.4 Å². The van der Waals surface area contributed by atoms with Crippen molar-refractivity contribution in [3.8, 4) is 0 Å². The van der Waals surface area contributed by atoms with Gasteiger partial charge in [-0.25, -0.2) is 4.98 Å². The third kappa shape index (κ3) is 3.54. The number of anilines is 1. The Labute approximate surface area is 111 Å². The number of nitrogens with one attached hydrogen (secondary N) is 2. The van der Waals surface area contributed by atoms with Crippen molar-refractivity contribution in [1.29, 1.82) is 0 Å². The topological polar surface area (TPSA) is 80.0 Å². The SMILES string of the molecule is CCNc1cc(C(=O)NCc2cc(C)no2)ccn1. The van der Waals surface area contributed by atoms with Crippen molar-refractivity contribution in [3.05, 3.63) is 41.4 Å². The second-order valence-electron chi connectivity index (χ2n) is 4.08. The average molecular weight is 260 g/mol. The Balaban J connectivity index is 1.97. The molecule has 0 spiro atoms. The average Bonchev–Trinajstić information content (AvgIpc) is 2.82. The van der Waals surface area contributed by atoms with E-state index >= 15 is 0 Å². The lowest BCUT2D eigenvalue weighted by atomic mass is 10.2. The molecule has 0 radical (unpaired) electrons. The van der Waals surface area contributed by atoms with Crippen molar-refractivity contribution in [2.45, 2.75) is 20.4 Å². The first-order valence-corrected chi connectivity index (χ1v) is 6.09. The molecule has 0 atom stereocenters. The van der Waals surface area contributed by atoms with E-state index in [9.17, 15) is 4.79 Å². The summed E-state index contributed by atoms with van der Waals surface area (Å²) in [5, 5.41) is 9.59. The number of nitrogens with zero attached hydrogens (tertiary/aromatic N) is 2. The van der Waals surface area contributed by atoms with Crippen molar-refractivity contribution in [2.24, 2.45) is 0 Å². The number of aromatic nitrogens is 2. The summed E-state index contributed by atoms with van der Waals surface area (Å²) >= 11 is 0. The maximum atomic E-state index is 12.0. The Morgan fingerprint density at radius 3 is 2.95 bits per heavy atom. The third-order valence-corrected chi connectivity index (χ3v) is 2.48. The number of amides is 1. The van der Waals surface area contributed by atoms with Crippen molar-refractivity contribution in [3.63, 3.8) is 0 Å². The van der Waals surface area contributed by atoms with Gasteiger partial charge in [-0.15, -0.1) is 0 Å². The molecular weight excluding hydrogens is 244 g/mol. The standard InChI is InChI=1S/C13H16N4O2/c1-3-14-12-7-10(4-5-15-12)13(18)16-8-11-6-9(2)17-19-11/h4-7H,3,8H2,1-2H3,(H,14,15)(H,16,18). The van der Waals surface area contributed by atoms with Crippen LogP contribution < -0.4 is 10.6 Å². The van der Waals surface area contributed by atoms with Gasteiger partial charge in [-0.2, -0.15) is 0 Å². The lowest BCUT2D eigenvalue weighted by Gasteiger charge is -2.05. The zero-order valence-corrected chi connectivity index (χ0v) is 10.9. The van der Waals surface area contributed by atoms with E-state index in [-0.39, 0.29) is 5.91 Å². The van der Waals surface area contributed by atoms with E-state index in [4.69, 9.17) is 4.52 Å². The number of aryl methyl sites for hydroxylation is 1. The lowest BCUT2D eigenvalue weighted by molar-refractivity contribution is 0.0947. The van der Waals surface area contributed by atoms with Crippen molar-refractivity contribution in [2.75, 3.05) is 11.9 Å². The van der Waals surface area contributed by atoms with Gasteiger partial charge in [0.05, 0.1) is 12.2 Å². The van der Waals surface area contributed by atoms with Crippen molar-refractivity contribution >= 4 is 11.7 Å². The predicted molar refractivity (Wildman–Crippen MR) is 70.8 cm³/mol. The number of hydrogen-bond donors (Lipinski definition) is 2. The summed E-state index contributed by atoms with van der Waals surface area (Å²) in [6.45, 7) is 4.88. The molecule has 0 aliphatic heterocycles. The maximum Gasteiger partial charge on any atom is 0.251 e. The molecule has 0 aliphatic rings. The number of rotatable bonds is 5. The molecule has 2 heterocycles. The van der Waals surface area contributed by atoms with Crippen LogP contribution in [0.15, 0.2) is 28.9 Å². The normalized spacial score (nSPS) is 10.2. The summed E-state index contributed by atoms with van der Waals surface area (Å²) in [6, 6.07) is 5.17. The maximum absolute atomic E-state index is 12.0. The summed E-state index contributed by atoms with van der Waals surface area (Å²) < 4.78 is 5.02. The first-order chi connectivity index (χ1) is 9.19. The molecule has 0 unspecified atom stereocenters. The molecule has 19 heavy (non-hydrogen) atoms. The van der Waals surface area contributed by atoms with Gasteiger partial charge >= 0.3 is 0 Å². The Kier molecular flexibility index (Phi) is 4.12. The van der Waals surface area contributed by atoms with Gasteiger partial charge in [0, 0.05) is 24.4 Å². The molecule has 100 valence electrons. The smallest absolute Gasteiger partial charge is 0.251 e. The van der Waals surface area contributed by atoms with E-state index in [0.717, 1.165) is 12.2 Å². The molecule has 0 fully saturated rings. The van der Waals surface area contributed by atoms with Crippen LogP contribution in [-0.4, -0.2) is 22.6 Å². The second kappa shape index (κ2) is 5.99. The first kappa shape index (κ1) is 13.1. The summed E-state index contributed by atoms with van der Waals surface area (Å²) in [7, 11) is 0. The Morgan fingerprint density at radius 2 is 2.26 bits per heavy atom. The molecular formula is C13H16N4O2. The Hall–Kier alpha value is -2.37. The molecule has 0 aromatic carbocycles. The third-order valence-electron chi connectivity index (χ3n) is 2.48. The second-order valence-corrected chi connectivity index (χ2v) is 4.08. The summed E-state index contributed by atoms with van der Waals surface area (Å²) in [5.74, 6) is 1.15. The van der Waals surface area contributed by atoms with Crippen LogP contribution >= 0.6 is 0 Å². The zero-order valence-electron chi connectivity index (χ0n) is 10.9. The van der Waals surface area contributed by atoms with Crippen LogP contribution in [0.5, 0.6) is 0 Å². The van der Waals surface area contributed by atoms with Crippen molar-refractivity contribution in [1.82, 2.24) is 15.5 Å². The number of hydrogen-bond acceptors (Lipinski definition) is 5. The van der Waals surface area contributed by atoms with Gasteiger partial charge in [-0.3, -0.25) is 4.79 Å². The number of pyridine rings is 1. The van der Waals surface area contributed by atoms with E-state index in [0.29, 0.717) is 23.7 Å². The molecule has 2 aromatic heterocycles. The predicted octanol–water partition coefficient (Wildman–Crippen LogP) is 1.74.